The van der Waals surface area contributed by atoms with Crippen LogP contribution in [0.15, 0.2) is 30.3 Å². The molecule has 98 valence electrons. The van der Waals surface area contributed by atoms with E-state index in [4.69, 9.17) is 4.74 Å². The van der Waals surface area contributed by atoms with Crippen molar-refractivity contribution in [2.75, 3.05) is 6.54 Å². The van der Waals surface area contributed by atoms with E-state index < -0.39 is 0 Å². The zero-order valence-corrected chi connectivity index (χ0v) is 10.6. The van der Waals surface area contributed by atoms with E-state index in [2.05, 4.69) is 5.32 Å². The van der Waals surface area contributed by atoms with Crippen molar-refractivity contribution in [3.8, 4) is 0 Å². The molecule has 0 aliphatic rings. The number of hydrogen-bond donors (Lipinski definition) is 1. The van der Waals surface area contributed by atoms with Crippen LogP contribution in [0, 0.1) is 0 Å². The molecule has 0 fully saturated rings. The molecule has 1 atom stereocenters. The van der Waals surface area contributed by atoms with Crippen LogP contribution in [-0.4, -0.2) is 24.8 Å². The van der Waals surface area contributed by atoms with Gasteiger partial charge in [-0.25, -0.2) is 0 Å². The molecule has 1 N–H and O–H groups in total. The van der Waals surface area contributed by atoms with Gasteiger partial charge in [0.2, 0.25) is 0 Å². The summed E-state index contributed by atoms with van der Waals surface area (Å²) in [4.78, 5) is 22.1. The molecule has 0 radical (unpaired) electrons. The zero-order valence-electron chi connectivity index (χ0n) is 10.6. The van der Waals surface area contributed by atoms with Crippen LogP contribution in [0.2, 0.25) is 0 Å². The number of likely N-dealkylation sites (N-methyl/N-ethyl adjacent to an activating group) is 1. The molecule has 1 aromatic rings. The summed E-state index contributed by atoms with van der Waals surface area (Å²) < 4.78 is 5.12. The van der Waals surface area contributed by atoms with Crippen molar-refractivity contribution in [1.82, 2.24) is 5.32 Å². The van der Waals surface area contributed by atoms with Gasteiger partial charge in [0.05, 0.1) is 6.04 Å². The van der Waals surface area contributed by atoms with Crippen molar-refractivity contribution < 1.29 is 14.3 Å². The third-order valence-electron chi connectivity index (χ3n) is 2.53. The van der Waals surface area contributed by atoms with Gasteiger partial charge in [-0.1, -0.05) is 37.3 Å². The topological polar surface area (TPSA) is 55.4 Å². The third-order valence-corrected chi connectivity index (χ3v) is 2.53. The molecule has 0 aliphatic carbocycles. The second-order valence-corrected chi connectivity index (χ2v) is 3.99. The van der Waals surface area contributed by atoms with Crippen molar-refractivity contribution in [3.63, 3.8) is 0 Å². The van der Waals surface area contributed by atoms with Gasteiger partial charge >= 0.3 is 5.97 Å². The lowest BCUT2D eigenvalue weighted by Crippen LogP contribution is -2.30. The summed E-state index contributed by atoms with van der Waals surface area (Å²) in [6, 6.07) is 9.25. The molecule has 0 unspecified atom stereocenters. The molecule has 0 bridgehead atoms. The van der Waals surface area contributed by atoms with E-state index in [1.54, 1.807) is 0 Å². The molecule has 18 heavy (non-hydrogen) atoms. The predicted octanol–water partition coefficient (Wildman–Crippen LogP) is 1.69. The van der Waals surface area contributed by atoms with Crippen LogP contribution < -0.4 is 5.32 Å². The van der Waals surface area contributed by atoms with E-state index >= 15 is 0 Å². The highest BCUT2D eigenvalue weighted by atomic mass is 16.5. The Hall–Kier alpha value is -1.68. The average Bonchev–Trinajstić information content (AvgIpc) is 2.42. The maximum absolute atomic E-state index is 11.5. The van der Waals surface area contributed by atoms with E-state index in [0.717, 1.165) is 11.8 Å². The minimum absolute atomic E-state index is 0.253. The van der Waals surface area contributed by atoms with Gasteiger partial charge in [0, 0.05) is 6.42 Å². The van der Waals surface area contributed by atoms with Crippen molar-refractivity contribution in [2.45, 2.75) is 32.4 Å². The van der Waals surface area contributed by atoms with Gasteiger partial charge in [-0.15, -0.1) is 0 Å². The summed E-state index contributed by atoms with van der Waals surface area (Å²) >= 11 is 0. The summed E-state index contributed by atoms with van der Waals surface area (Å²) in [5.74, 6) is -0.274. The van der Waals surface area contributed by atoms with Crippen LogP contribution in [0.4, 0.5) is 0 Å². The first-order valence-corrected chi connectivity index (χ1v) is 6.14. The highest BCUT2D eigenvalue weighted by Crippen LogP contribution is 2.03. The van der Waals surface area contributed by atoms with Gasteiger partial charge < -0.3 is 14.8 Å². The molecule has 0 saturated carbocycles. The molecule has 0 aromatic heterocycles. The molecule has 1 aromatic carbocycles. The molecule has 4 nitrogen and oxygen atoms in total. The first kappa shape index (κ1) is 14.4. The maximum Gasteiger partial charge on any atom is 0.306 e. The highest BCUT2D eigenvalue weighted by Gasteiger charge is 2.09. The van der Waals surface area contributed by atoms with Crippen LogP contribution in [0.5, 0.6) is 0 Å². The summed E-state index contributed by atoms with van der Waals surface area (Å²) in [6.07, 6.45) is 1.56. The van der Waals surface area contributed by atoms with E-state index in [-0.39, 0.29) is 25.0 Å². The van der Waals surface area contributed by atoms with Gasteiger partial charge in [-0.05, 0) is 18.5 Å². The number of benzene rings is 1. The number of rotatable bonds is 8. The third kappa shape index (κ3) is 5.59. The first-order valence-electron chi connectivity index (χ1n) is 6.14. The number of carbonyl (C=O) groups excluding carboxylic acids is 2. The fourth-order valence-electron chi connectivity index (χ4n) is 1.56. The lowest BCUT2D eigenvalue weighted by molar-refractivity contribution is -0.145. The smallest absolute Gasteiger partial charge is 0.306 e. The molecule has 0 aliphatic heterocycles. The summed E-state index contributed by atoms with van der Waals surface area (Å²) in [7, 11) is 0. The minimum atomic E-state index is -0.274. The van der Waals surface area contributed by atoms with Gasteiger partial charge in [0.1, 0.15) is 12.9 Å². The Kier molecular flexibility index (Phi) is 6.72. The fraction of sp³-hybridized carbons (Fsp3) is 0.429. The van der Waals surface area contributed by atoms with E-state index in [1.807, 2.05) is 37.3 Å². The number of hydrogen-bond acceptors (Lipinski definition) is 4. The van der Waals surface area contributed by atoms with Gasteiger partial charge in [0.15, 0.2) is 0 Å². The molecule has 0 amide bonds. The van der Waals surface area contributed by atoms with E-state index in [1.165, 1.54) is 0 Å². The second kappa shape index (κ2) is 8.42. The number of ether oxygens (including phenoxy) is 1. The lowest BCUT2D eigenvalue weighted by atomic mass is 10.2. The zero-order chi connectivity index (χ0) is 13.2. The number of esters is 1. The Bertz CT molecular complexity index is 365. The first-order chi connectivity index (χ1) is 8.76. The van der Waals surface area contributed by atoms with Crippen molar-refractivity contribution >= 4 is 12.3 Å². The van der Waals surface area contributed by atoms with Gasteiger partial charge in [-0.3, -0.25) is 4.79 Å². The fourth-order valence-corrected chi connectivity index (χ4v) is 1.56. The standard InChI is InChI=1S/C14H19NO3/c1-2-15-13(10-16)8-9-14(17)18-11-12-6-4-3-5-7-12/h3-7,10,13,15H,2,8-9,11H2,1H3/t13-/m0/s1. The lowest BCUT2D eigenvalue weighted by Gasteiger charge is -2.10. The maximum atomic E-state index is 11.5. The minimum Gasteiger partial charge on any atom is -0.461 e. The molecule has 0 saturated heterocycles. The summed E-state index contributed by atoms with van der Waals surface area (Å²) in [5.41, 5.74) is 0.962. The van der Waals surface area contributed by atoms with Crippen molar-refractivity contribution in [3.05, 3.63) is 35.9 Å². The van der Waals surface area contributed by atoms with Gasteiger partial charge in [-0.2, -0.15) is 0 Å². The molecular weight excluding hydrogens is 230 g/mol. The molecule has 4 heteroatoms. The van der Waals surface area contributed by atoms with Crippen LogP contribution >= 0.6 is 0 Å². The van der Waals surface area contributed by atoms with Crippen LogP contribution in [0.1, 0.15) is 25.3 Å². The largest absolute Gasteiger partial charge is 0.461 e. The van der Waals surface area contributed by atoms with E-state index in [9.17, 15) is 9.59 Å². The highest BCUT2D eigenvalue weighted by molar-refractivity contribution is 5.70. The molecule has 1 rings (SSSR count). The van der Waals surface area contributed by atoms with Crippen LogP contribution in [0.25, 0.3) is 0 Å². The van der Waals surface area contributed by atoms with Gasteiger partial charge in [0.25, 0.3) is 0 Å². The Balaban J connectivity index is 2.23. The number of nitrogens with one attached hydrogen (secondary N) is 1. The molecular formula is C14H19NO3. The van der Waals surface area contributed by atoms with Crippen LogP contribution in [-0.2, 0) is 20.9 Å². The summed E-state index contributed by atoms with van der Waals surface area (Å²) in [6.45, 7) is 2.92. The Morgan fingerprint density at radius 2 is 2.11 bits per heavy atom. The summed E-state index contributed by atoms with van der Waals surface area (Å²) in [5, 5.41) is 2.99. The number of aldehydes is 1. The molecule has 0 spiro atoms. The number of carbonyl (C=O) groups is 2. The Morgan fingerprint density at radius 3 is 2.72 bits per heavy atom. The average molecular weight is 249 g/mol. The molecule has 0 heterocycles. The van der Waals surface area contributed by atoms with E-state index in [0.29, 0.717) is 13.0 Å². The Morgan fingerprint density at radius 1 is 1.39 bits per heavy atom. The second-order valence-electron chi connectivity index (χ2n) is 3.99. The normalized spacial score (nSPS) is 11.8. The SMILES string of the molecule is CCN[C@H](C=O)CCC(=O)OCc1ccccc1. The predicted molar refractivity (Wildman–Crippen MR) is 69.0 cm³/mol. The monoisotopic (exact) mass is 249 g/mol. The Labute approximate surface area is 107 Å². The van der Waals surface area contributed by atoms with Crippen LogP contribution in [0.3, 0.4) is 0 Å². The van der Waals surface area contributed by atoms with Crippen molar-refractivity contribution in [1.29, 1.82) is 0 Å². The van der Waals surface area contributed by atoms with Crippen molar-refractivity contribution in [2.24, 2.45) is 0 Å². The quantitative estimate of drug-likeness (QED) is 0.562.